The van der Waals surface area contributed by atoms with Crippen molar-refractivity contribution in [2.45, 2.75) is 0 Å². The minimum atomic E-state index is -0.527. The van der Waals surface area contributed by atoms with Gasteiger partial charge in [0.2, 0.25) is 0 Å². The van der Waals surface area contributed by atoms with Crippen molar-refractivity contribution in [1.82, 2.24) is 0 Å². The van der Waals surface area contributed by atoms with Crippen molar-refractivity contribution in [3.8, 4) is 5.75 Å². The van der Waals surface area contributed by atoms with Crippen LogP contribution in [0.15, 0.2) is 24.3 Å². The molecule has 1 rings (SSSR count). The Labute approximate surface area is 91.5 Å². The molecule has 5 heteroatoms. The van der Waals surface area contributed by atoms with E-state index in [-0.39, 0.29) is 12.1 Å². The van der Waals surface area contributed by atoms with E-state index in [0.717, 1.165) is 0 Å². The first-order valence-electron chi connectivity index (χ1n) is 3.80. The fraction of sp³-hybridized carbons (Fsp3) is 0.222. The topological polar surface area (TPSA) is 35.5 Å². The monoisotopic (exact) mass is 234 g/mol. The van der Waals surface area contributed by atoms with E-state index in [4.69, 9.17) is 27.9 Å². The Balaban J connectivity index is 2.88. The molecule has 0 spiro atoms. The van der Waals surface area contributed by atoms with Gasteiger partial charge in [-0.15, -0.1) is 0 Å². The van der Waals surface area contributed by atoms with Gasteiger partial charge >= 0.3 is 5.97 Å². The lowest BCUT2D eigenvalue weighted by Gasteiger charge is -2.07. The fourth-order valence-electron chi connectivity index (χ4n) is 0.947. The Morgan fingerprint density at radius 1 is 1.21 bits per heavy atom. The van der Waals surface area contributed by atoms with Crippen LogP contribution in [0.25, 0.3) is 0 Å². The van der Waals surface area contributed by atoms with Gasteiger partial charge in [-0.1, -0.05) is 35.3 Å². The molecular formula is C9H8Cl2O3. The maximum absolute atomic E-state index is 11.3. The first kappa shape index (κ1) is 11.1. The van der Waals surface area contributed by atoms with Gasteiger partial charge in [0.1, 0.15) is 11.3 Å². The molecule has 0 aliphatic rings. The summed E-state index contributed by atoms with van der Waals surface area (Å²) in [5.41, 5.74) is 0.314. The van der Waals surface area contributed by atoms with Crippen LogP contribution in [0.5, 0.6) is 5.75 Å². The third-order valence-corrected chi connectivity index (χ3v) is 1.72. The van der Waals surface area contributed by atoms with E-state index in [0.29, 0.717) is 11.3 Å². The molecule has 0 radical (unpaired) electrons. The van der Waals surface area contributed by atoms with Crippen molar-refractivity contribution in [3.63, 3.8) is 0 Å². The zero-order valence-electron chi connectivity index (χ0n) is 7.20. The first-order chi connectivity index (χ1) is 6.79. The van der Waals surface area contributed by atoms with Crippen LogP contribution in [0.1, 0.15) is 10.4 Å². The Morgan fingerprint density at radius 3 is 2.57 bits per heavy atom. The smallest absolute Gasteiger partial charge is 0.343 e. The maximum Gasteiger partial charge on any atom is 0.343 e. The zero-order valence-corrected chi connectivity index (χ0v) is 8.72. The Hall–Kier alpha value is -0.930. The van der Waals surface area contributed by atoms with Crippen molar-refractivity contribution in [3.05, 3.63) is 29.8 Å². The van der Waals surface area contributed by atoms with E-state index in [1.165, 1.54) is 0 Å². The fourth-order valence-corrected chi connectivity index (χ4v) is 1.16. The van der Waals surface area contributed by atoms with Crippen molar-refractivity contribution >= 4 is 29.2 Å². The molecular weight excluding hydrogens is 227 g/mol. The summed E-state index contributed by atoms with van der Waals surface area (Å²) in [5.74, 6) is -0.140. The van der Waals surface area contributed by atoms with Gasteiger partial charge in [-0.2, -0.15) is 0 Å². The molecule has 0 saturated carbocycles. The van der Waals surface area contributed by atoms with Crippen molar-refractivity contribution in [1.29, 1.82) is 0 Å². The molecule has 0 atom stereocenters. The van der Waals surface area contributed by atoms with Crippen LogP contribution in [-0.4, -0.2) is 18.1 Å². The summed E-state index contributed by atoms with van der Waals surface area (Å²) >= 11 is 10.7. The summed E-state index contributed by atoms with van der Waals surface area (Å²) in [5, 5.41) is 0. The molecule has 1 aromatic rings. The van der Waals surface area contributed by atoms with Crippen molar-refractivity contribution in [2.75, 3.05) is 12.1 Å². The number of hydrogen-bond donors (Lipinski definition) is 0. The van der Waals surface area contributed by atoms with Crippen LogP contribution >= 0.6 is 23.2 Å². The molecule has 14 heavy (non-hydrogen) atoms. The molecule has 0 unspecified atom stereocenters. The summed E-state index contributed by atoms with van der Waals surface area (Å²) in [4.78, 5) is 11.3. The highest BCUT2D eigenvalue weighted by molar-refractivity contribution is 6.18. The first-order valence-corrected chi connectivity index (χ1v) is 4.87. The number of halogens is 2. The van der Waals surface area contributed by atoms with Gasteiger partial charge in [-0.3, -0.25) is 0 Å². The van der Waals surface area contributed by atoms with Gasteiger partial charge < -0.3 is 9.47 Å². The predicted octanol–water partition coefficient (Wildman–Crippen LogP) is 2.61. The lowest BCUT2D eigenvalue weighted by Crippen LogP contribution is -2.06. The van der Waals surface area contributed by atoms with Gasteiger partial charge in [0.25, 0.3) is 0 Å². The highest BCUT2D eigenvalue weighted by Gasteiger charge is 2.12. The van der Waals surface area contributed by atoms with Gasteiger partial charge in [0, 0.05) is 0 Å². The summed E-state index contributed by atoms with van der Waals surface area (Å²) in [6.45, 7) is 0. The van der Waals surface area contributed by atoms with E-state index < -0.39 is 5.97 Å². The van der Waals surface area contributed by atoms with Gasteiger partial charge in [-0.25, -0.2) is 4.79 Å². The van der Waals surface area contributed by atoms with Crippen LogP contribution in [0, 0.1) is 0 Å². The Morgan fingerprint density at radius 2 is 1.93 bits per heavy atom. The number of esters is 1. The van der Waals surface area contributed by atoms with Crippen LogP contribution in [0.2, 0.25) is 0 Å². The van der Waals surface area contributed by atoms with E-state index in [9.17, 15) is 4.79 Å². The molecule has 0 aromatic heterocycles. The average Bonchev–Trinajstić information content (AvgIpc) is 2.19. The number of ether oxygens (including phenoxy) is 2. The summed E-state index contributed by atoms with van der Waals surface area (Å²) in [7, 11) is 0. The largest absolute Gasteiger partial charge is 0.477 e. The number of hydrogen-bond acceptors (Lipinski definition) is 3. The van der Waals surface area contributed by atoms with E-state index >= 15 is 0 Å². The quantitative estimate of drug-likeness (QED) is 0.594. The van der Waals surface area contributed by atoms with Crippen molar-refractivity contribution in [2.24, 2.45) is 0 Å². The normalized spacial score (nSPS) is 9.57. The molecule has 0 saturated heterocycles. The maximum atomic E-state index is 11.3. The Bertz CT molecular complexity index is 315. The highest BCUT2D eigenvalue weighted by Crippen LogP contribution is 2.19. The van der Waals surface area contributed by atoms with Crippen LogP contribution in [0.4, 0.5) is 0 Å². The molecule has 0 heterocycles. The third-order valence-electron chi connectivity index (χ3n) is 1.50. The standard InChI is InChI=1S/C9H8Cl2O3/c10-5-13-8-4-2-1-3-7(8)9(12)14-6-11/h1-4H,5-6H2. The lowest BCUT2D eigenvalue weighted by molar-refractivity contribution is 0.0570. The van der Waals surface area contributed by atoms with Gasteiger partial charge in [0.15, 0.2) is 12.1 Å². The molecule has 0 N–H and O–H groups in total. The molecule has 0 aliphatic carbocycles. The van der Waals surface area contributed by atoms with E-state index in [2.05, 4.69) is 4.74 Å². The minimum absolute atomic E-state index is 0.0227. The second-order valence-electron chi connectivity index (χ2n) is 2.29. The average molecular weight is 235 g/mol. The molecule has 0 fully saturated rings. The number of rotatable bonds is 4. The van der Waals surface area contributed by atoms with Crippen molar-refractivity contribution < 1.29 is 14.3 Å². The van der Waals surface area contributed by atoms with E-state index in [1.807, 2.05) is 0 Å². The molecule has 76 valence electrons. The number of para-hydroxylation sites is 1. The van der Waals surface area contributed by atoms with Crippen LogP contribution in [-0.2, 0) is 4.74 Å². The predicted molar refractivity (Wildman–Crippen MR) is 53.9 cm³/mol. The lowest BCUT2D eigenvalue weighted by atomic mass is 10.2. The summed E-state index contributed by atoms with van der Waals surface area (Å²) in [6, 6.07) is 6.44. The Kier molecular flexibility index (Phi) is 4.56. The zero-order chi connectivity index (χ0) is 10.4. The molecule has 0 amide bonds. The second-order valence-corrected chi connectivity index (χ2v) is 2.73. The SMILES string of the molecule is O=C(OCCl)c1ccccc1OCCl. The minimum Gasteiger partial charge on any atom is -0.477 e. The molecule has 0 bridgehead atoms. The highest BCUT2D eigenvalue weighted by atomic mass is 35.5. The van der Waals surface area contributed by atoms with Crippen LogP contribution < -0.4 is 4.74 Å². The van der Waals surface area contributed by atoms with Gasteiger partial charge in [-0.05, 0) is 12.1 Å². The molecule has 0 aliphatic heterocycles. The number of alkyl halides is 2. The number of benzene rings is 1. The van der Waals surface area contributed by atoms with Crippen LogP contribution in [0.3, 0.4) is 0 Å². The van der Waals surface area contributed by atoms with E-state index in [1.54, 1.807) is 24.3 Å². The number of carbonyl (C=O) groups excluding carboxylic acids is 1. The summed E-state index contributed by atoms with van der Waals surface area (Å²) in [6.07, 6.45) is 0. The molecule has 3 nitrogen and oxygen atoms in total. The number of carbonyl (C=O) groups is 1. The molecule has 1 aromatic carbocycles. The third kappa shape index (κ3) is 2.79. The van der Waals surface area contributed by atoms with Gasteiger partial charge in [0.05, 0.1) is 0 Å². The second kappa shape index (κ2) is 5.73. The summed E-state index contributed by atoms with van der Waals surface area (Å²) < 4.78 is 9.64.